The number of nitrogens with zero attached hydrogens (tertiary/aromatic N) is 2. The molecule has 0 spiro atoms. The minimum absolute atomic E-state index is 0.242. The summed E-state index contributed by atoms with van der Waals surface area (Å²) in [6.07, 6.45) is 0. The van der Waals surface area contributed by atoms with E-state index in [-0.39, 0.29) is 6.04 Å². The molecule has 5 nitrogen and oxygen atoms in total. The first kappa shape index (κ1) is 13.0. The minimum atomic E-state index is -0.643. The molecule has 2 rings (SSSR count). The molecule has 0 saturated carbocycles. The van der Waals surface area contributed by atoms with E-state index in [0.29, 0.717) is 5.69 Å². The molecule has 19 heavy (non-hydrogen) atoms. The lowest BCUT2D eigenvalue weighted by Crippen LogP contribution is -2.27. The van der Waals surface area contributed by atoms with Crippen molar-refractivity contribution in [3.05, 3.63) is 74.2 Å². The first-order chi connectivity index (χ1) is 9.02. The van der Waals surface area contributed by atoms with Crippen molar-refractivity contribution >= 4 is 5.69 Å². The second-order valence-electron chi connectivity index (χ2n) is 4.38. The molecule has 0 N–H and O–H groups in total. The van der Waals surface area contributed by atoms with E-state index in [1.54, 1.807) is 13.0 Å². The fraction of sp³-hybridized carbons (Fsp3) is 0.214. The molecule has 0 radical (unpaired) electrons. The Morgan fingerprint density at radius 2 is 1.79 bits per heavy atom. The summed E-state index contributed by atoms with van der Waals surface area (Å²) >= 11 is 0. The third-order valence-corrected chi connectivity index (χ3v) is 3.17. The molecule has 0 saturated heterocycles. The van der Waals surface area contributed by atoms with Gasteiger partial charge in [-0.05, 0) is 25.5 Å². The third kappa shape index (κ3) is 2.40. The van der Waals surface area contributed by atoms with Crippen LogP contribution in [0.3, 0.4) is 0 Å². The second-order valence-corrected chi connectivity index (χ2v) is 4.38. The van der Waals surface area contributed by atoms with Gasteiger partial charge in [-0.25, -0.2) is 0 Å². The number of hydrogen-bond donors (Lipinski definition) is 0. The van der Waals surface area contributed by atoms with E-state index >= 15 is 0 Å². The lowest BCUT2D eigenvalue weighted by molar-refractivity contribution is -0.386. The predicted molar refractivity (Wildman–Crippen MR) is 72.3 cm³/mol. The standard InChI is InChI=1S/C14H14N2O3/c1-10-8-9-13(16(18)19)14(17)15(10)11(2)12-6-4-3-5-7-12/h3-9,11H,1-2H3. The zero-order chi connectivity index (χ0) is 14.0. The van der Waals surface area contributed by atoms with Crippen LogP contribution in [0.15, 0.2) is 47.3 Å². The highest BCUT2D eigenvalue weighted by atomic mass is 16.6. The first-order valence-corrected chi connectivity index (χ1v) is 5.94. The van der Waals surface area contributed by atoms with Gasteiger partial charge < -0.3 is 0 Å². The van der Waals surface area contributed by atoms with Gasteiger partial charge >= 0.3 is 11.2 Å². The van der Waals surface area contributed by atoms with E-state index in [2.05, 4.69) is 0 Å². The van der Waals surface area contributed by atoms with Gasteiger partial charge in [0.1, 0.15) is 0 Å². The zero-order valence-corrected chi connectivity index (χ0v) is 10.7. The lowest BCUT2D eigenvalue weighted by atomic mass is 10.1. The molecule has 1 unspecified atom stereocenters. The molecule has 1 aromatic carbocycles. The molecule has 5 heteroatoms. The molecule has 2 aromatic rings. The highest BCUT2D eigenvalue weighted by molar-refractivity contribution is 5.30. The number of nitro groups is 1. The van der Waals surface area contributed by atoms with Gasteiger partial charge in [-0.3, -0.25) is 19.5 Å². The summed E-state index contributed by atoms with van der Waals surface area (Å²) < 4.78 is 1.45. The van der Waals surface area contributed by atoms with Gasteiger partial charge in [-0.15, -0.1) is 0 Å². The molecule has 1 aromatic heterocycles. The molecule has 1 heterocycles. The van der Waals surface area contributed by atoms with Crippen LogP contribution < -0.4 is 5.56 Å². The van der Waals surface area contributed by atoms with E-state index < -0.39 is 16.2 Å². The van der Waals surface area contributed by atoms with E-state index in [1.165, 1.54) is 10.6 Å². The van der Waals surface area contributed by atoms with Crippen molar-refractivity contribution in [2.45, 2.75) is 19.9 Å². The molecular weight excluding hydrogens is 244 g/mol. The van der Waals surface area contributed by atoms with Crippen LogP contribution in [0.4, 0.5) is 5.69 Å². The van der Waals surface area contributed by atoms with Crippen molar-refractivity contribution in [2.75, 3.05) is 0 Å². The van der Waals surface area contributed by atoms with Gasteiger partial charge in [0.15, 0.2) is 0 Å². The third-order valence-electron chi connectivity index (χ3n) is 3.17. The Balaban J connectivity index is 2.60. The van der Waals surface area contributed by atoms with Gasteiger partial charge in [0, 0.05) is 11.8 Å². The van der Waals surface area contributed by atoms with E-state index in [1.807, 2.05) is 37.3 Å². The number of aryl methyl sites for hydroxylation is 1. The van der Waals surface area contributed by atoms with Crippen LogP contribution in [0, 0.1) is 17.0 Å². The fourth-order valence-corrected chi connectivity index (χ4v) is 2.14. The van der Waals surface area contributed by atoms with Crippen LogP contribution >= 0.6 is 0 Å². The van der Waals surface area contributed by atoms with E-state index in [0.717, 1.165) is 5.56 Å². The summed E-state index contributed by atoms with van der Waals surface area (Å²) in [5.74, 6) is 0. The van der Waals surface area contributed by atoms with Gasteiger partial charge in [-0.2, -0.15) is 0 Å². The van der Waals surface area contributed by atoms with Gasteiger partial charge in [-0.1, -0.05) is 30.3 Å². The van der Waals surface area contributed by atoms with Crippen molar-refractivity contribution < 1.29 is 4.92 Å². The smallest absolute Gasteiger partial charge is 0.300 e. The summed E-state index contributed by atoms with van der Waals surface area (Å²) in [4.78, 5) is 22.4. The zero-order valence-electron chi connectivity index (χ0n) is 10.7. The summed E-state index contributed by atoms with van der Waals surface area (Å²) in [5, 5.41) is 10.8. The summed E-state index contributed by atoms with van der Waals surface area (Å²) in [7, 11) is 0. The maximum absolute atomic E-state index is 12.2. The van der Waals surface area contributed by atoms with Crippen molar-refractivity contribution in [3.8, 4) is 0 Å². The number of rotatable bonds is 3. The highest BCUT2D eigenvalue weighted by Gasteiger charge is 2.19. The molecule has 0 aliphatic carbocycles. The first-order valence-electron chi connectivity index (χ1n) is 5.94. The average molecular weight is 258 g/mol. The Labute approximate surface area is 110 Å². The minimum Gasteiger partial charge on any atom is -0.300 e. The Bertz CT molecular complexity index is 662. The van der Waals surface area contributed by atoms with Crippen molar-refractivity contribution in [1.29, 1.82) is 0 Å². The van der Waals surface area contributed by atoms with Gasteiger partial charge in [0.25, 0.3) is 0 Å². The Kier molecular flexibility index (Phi) is 3.46. The molecular formula is C14H14N2O3. The topological polar surface area (TPSA) is 65.1 Å². The fourth-order valence-electron chi connectivity index (χ4n) is 2.14. The van der Waals surface area contributed by atoms with Gasteiger partial charge in [0.2, 0.25) is 0 Å². The Hall–Kier alpha value is -2.43. The summed E-state index contributed by atoms with van der Waals surface area (Å²) in [6.45, 7) is 3.62. The number of benzene rings is 1. The van der Waals surface area contributed by atoms with Crippen molar-refractivity contribution in [3.63, 3.8) is 0 Å². The van der Waals surface area contributed by atoms with Crippen LogP contribution in [0.5, 0.6) is 0 Å². The highest BCUT2D eigenvalue weighted by Crippen LogP contribution is 2.18. The molecule has 0 bridgehead atoms. The number of aromatic nitrogens is 1. The van der Waals surface area contributed by atoms with Crippen LogP contribution in [0.1, 0.15) is 24.2 Å². The summed E-state index contributed by atoms with van der Waals surface area (Å²) in [5.41, 5.74) is 0.676. The van der Waals surface area contributed by atoms with Crippen LogP contribution in [-0.4, -0.2) is 9.49 Å². The monoisotopic (exact) mass is 258 g/mol. The number of hydrogen-bond acceptors (Lipinski definition) is 3. The maximum atomic E-state index is 12.2. The maximum Gasteiger partial charge on any atom is 0.334 e. The molecule has 98 valence electrons. The average Bonchev–Trinajstić information content (AvgIpc) is 2.39. The predicted octanol–water partition coefficient (Wildman–Crippen LogP) is 2.67. The van der Waals surface area contributed by atoms with Crippen LogP contribution in [0.2, 0.25) is 0 Å². The SMILES string of the molecule is Cc1ccc([N+](=O)[O-])c(=O)n1C(C)c1ccccc1. The van der Waals surface area contributed by atoms with E-state index in [9.17, 15) is 14.9 Å². The quantitative estimate of drug-likeness (QED) is 0.628. The van der Waals surface area contributed by atoms with Gasteiger partial charge in [0.05, 0.1) is 11.0 Å². The second kappa shape index (κ2) is 5.06. The number of pyridine rings is 1. The Morgan fingerprint density at radius 1 is 1.16 bits per heavy atom. The normalized spacial score (nSPS) is 12.1. The molecule has 0 aliphatic heterocycles. The summed E-state index contributed by atoms with van der Waals surface area (Å²) in [6, 6.07) is 12.1. The molecule has 1 atom stereocenters. The largest absolute Gasteiger partial charge is 0.334 e. The van der Waals surface area contributed by atoms with Crippen molar-refractivity contribution in [2.24, 2.45) is 0 Å². The van der Waals surface area contributed by atoms with Crippen LogP contribution in [-0.2, 0) is 0 Å². The van der Waals surface area contributed by atoms with Crippen molar-refractivity contribution in [1.82, 2.24) is 4.57 Å². The molecule has 0 aliphatic rings. The van der Waals surface area contributed by atoms with E-state index in [4.69, 9.17) is 0 Å². The molecule has 0 amide bonds. The molecule has 0 fully saturated rings. The lowest BCUT2D eigenvalue weighted by Gasteiger charge is -2.18. The Morgan fingerprint density at radius 3 is 2.37 bits per heavy atom. The van der Waals surface area contributed by atoms with Crippen LogP contribution in [0.25, 0.3) is 0 Å².